The van der Waals surface area contributed by atoms with E-state index in [2.05, 4.69) is 5.32 Å². The van der Waals surface area contributed by atoms with E-state index in [0.717, 1.165) is 42.4 Å². The number of fused-ring (bicyclic) bond motifs is 1. The van der Waals surface area contributed by atoms with Crippen molar-refractivity contribution in [2.75, 3.05) is 0 Å². The molecule has 1 aliphatic carbocycles. The summed E-state index contributed by atoms with van der Waals surface area (Å²) in [5.74, 6) is -1.23. The highest BCUT2D eigenvalue weighted by atomic mass is 16.4. The van der Waals surface area contributed by atoms with Crippen LogP contribution in [-0.4, -0.2) is 28.8 Å². The lowest BCUT2D eigenvalue weighted by atomic mass is 9.88. The Hall–Kier alpha value is -2.95. The average molecular weight is 393 g/mol. The number of hydrogen-bond donors (Lipinski definition) is 2. The molecular formula is C24H27NO4. The summed E-state index contributed by atoms with van der Waals surface area (Å²) in [5.41, 5.74) is 4.54. The topological polar surface area (TPSA) is 83.5 Å². The SMILES string of the molecule is CCC(=O)Cc1ccc(CC(NC(=O)c2cccc3c2CCCC3)C(=O)O)cc1. The smallest absolute Gasteiger partial charge is 0.326 e. The van der Waals surface area contributed by atoms with E-state index in [-0.39, 0.29) is 18.1 Å². The van der Waals surface area contributed by atoms with Crippen molar-refractivity contribution in [3.8, 4) is 0 Å². The third kappa shape index (κ3) is 5.31. The van der Waals surface area contributed by atoms with Crippen LogP contribution in [0.3, 0.4) is 0 Å². The quantitative estimate of drug-likeness (QED) is 0.719. The first-order chi connectivity index (χ1) is 14.0. The third-order valence-electron chi connectivity index (χ3n) is 5.50. The molecule has 0 bridgehead atoms. The van der Waals surface area contributed by atoms with E-state index < -0.39 is 12.0 Å². The molecule has 1 atom stereocenters. The maximum Gasteiger partial charge on any atom is 0.326 e. The number of Topliss-reactive ketones (excluding diaryl/α,β-unsaturated/α-hetero) is 1. The van der Waals surface area contributed by atoms with Gasteiger partial charge in [-0.2, -0.15) is 0 Å². The number of hydrogen-bond acceptors (Lipinski definition) is 3. The largest absolute Gasteiger partial charge is 0.480 e. The van der Waals surface area contributed by atoms with Crippen LogP contribution >= 0.6 is 0 Å². The zero-order chi connectivity index (χ0) is 20.8. The molecule has 1 aliphatic rings. The van der Waals surface area contributed by atoms with E-state index in [0.29, 0.717) is 18.4 Å². The molecule has 0 aromatic heterocycles. The van der Waals surface area contributed by atoms with Gasteiger partial charge in [0.2, 0.25) is 0 Å². The average Bonchev–Trinajstić information content (AvgIpc) is 2.73. The predicted octanol–water partition coefficient (Wildman–Crippen LogP) is 3.51. The van der Waals surface area contributed by atoms with Crippen LogP contribution in [0.25, 0.3) is 0 Å². The van der Waals surface area contributed by atoms with Crippen LogP contribution in [0.2, 0.25) is 0 Å². The number of carboxylic acids is 1. The fourth-order valence-electron chi connectivity index (χ4n) is 3.81. The number of carbonyl (C=O) groups excluding carboxylic acids is 2. The molecule has 1 unspecified atom stereocenters. The highest BCUT2D eigenvalue weighted by Gasteiger charge is 2.24. The molecule has 3 rings (SSSR count). The number of amides is 1. The first-order valence-corrected chi connectivity index (χ1v) is 10.2. The minimum absolute atomic E-state index is 0.166. The Bertz CT molecular complexity index is 902. The van der Waals surface area contributed by atoms with Gasteiger partial charge in [0.05, 0.1) is 0 Å². The molecule has 0 saturated carbocycles. The van der Waals surface area contributed by atoms with E-state index in [1.807, 2.05) is 43.3 Å². The second kappa shape index (κ2) is 9.50. The summed E-state index contributed by atoms with van der Waals surface area (Å²) >= 11 is 0. The van der Waals surface area contributed by atoms with Gasteiger partial charge >= 0.3 is 5.97 Å². The summed E-state index contributed by atoms with van der Waals surface area (Å²) in [6.07, 6.45) is 5.06. The van der Waals surface area contributed by atoms with Crippen molar-refractivity contribution in [2.45, 2.75) is 57.9 Å². The highest BCUT2D eigenvalue weighted by Crippen LogP contribution is 2.24. The van der Waals surface area contributed by atoms with Crippen molar-refractivity contribution in [1.29, 1.82) is 0 Å². The van der Waals surface area contributed by atoms with Gasteiger partial charge < -0.3 is 10.4 Å². The first kappa shape index (κ1) is 20.8. The molecule has 2 aromatic carbocycles. The van der Waals surface area contributed by atoms with Crippen molar-refractivity contribution < 1.29 is 19.5 Å². The minimum Gasteiger partial charge on any atom is -0.480 e. The normalized spacial score (nSPS) is 14.0. The summed E-state index contributed by atoms with van der Waals surface area (Å²) in [4.78, 5) is 36.1. The lowest BCUT2D eigenvalue weighted by molar-refractivity contribution is -0.139. The molecule has 0 radical (unpaired) electrons. The van der Waals surface area contributed by atoms with E-state index in [1.165, 1.54) is 5.56 Å². The molecule has 0 fully saturated rings. The van der Waals surface area contributed by atoms with Gasteiger partial charge in [-0.05, 0) is 54.0 Å². The Kier molecular flexibility index (Phi) is 6.81. The summed E-state index contributed by atoms with van der Waals surface area (Å²) in [6, 6.07) is 12.0. The fourth-order valence-corrected chi connectivity index (χ4v) is 3.81. The number of nitrogens with one attached hydrogen (secondary N) is 1. The van der Waals surface area contributed by atoms with Crippen molar-refractivity contribution in [3.63, 3.8) is 0 Å². The first-order valence-electron chi connectivity index (χ1n) is 10.2. The lowest BCUT2D eigenvalue weighted by Crippen LogP contribution is -2.42. The van der Waals surface area contributed by atoms with Gasteiger partial charge in [-0.15, -0.1) is 0 Å². The molecule has 0 heterocycles. The number of rotatable bonds is 8. The van der Waals surface area contributed by atoms with Crippen LogP contribution in [0.1, 0.15) is 58.8 Å². The van der Waals surface area contributed by atoms with Gasteiger partial charge in [-0.3, -0.25) is 9.59 Å². The maximum absolute atomic E-state index is 12.8. The Morgan fingerprint density at radius 3 is 2.38 bits per heavy atom. The van der Waals surface area contributed by atoms with E-state index in [1.54, 1.807) is 6.07 Å². The minimum atomic E-state index is -1.06. The second-order valence-corrected chi connectivity index (χ2v) is 7.60. The molecule has 152 valence electrons. The summed E-state index contributed by atoms with van der Waals surface area (Å²) in [5, 5.41) is 12.3. The zero-order valence-electron chi connectivity index (χ0n) is 16.7. The van der Waals surface area contributed by atoms with Gasteiger partial charge in [0.25, 0.3) is 5.91 Å². The maximum atomic E-state index is 12.8. The van der Waals surface area contributed by atoms with Gasteiger partial charge in [-0.1, -0.05) is 43.3 Å². The molecule has 0 saturated heterocycles. The van der Waals surface area contributed by atoms with Crippen molar-refractivity contribution in [3.05, 3.63) is 70.3 Å². The number of aliphatic carboxylic acids is 1. The molecule has 5 heteroatoms. The molecule has 0 spiro atoms. The molecule has 2 aromatic rings. The van der Waals surface area contributed by atoms with Crippen molar-refractivity contribution in [2.24, 2.45) is 0 Å². The van der Waals surface area contributed by atoms with E-state index in [4.69, 9.17) is 0 Å². The van der Waals surface area contributed by atoms with Gasteiger partial charge in [0.1, 0.15) is 11.8 Å². The second-order valence-electron chi connectivity index (χ2n) is 7.60. The molecule has 29 heavy (non-hydrogen) atoms. The number of aryl methyl sites for hydroxylation is 1. The van der Waals surface area contributed by atoms with E-state index >= 15 is 0 Å². The Morgan fingerprint density at radius 2 is 1.69 bits per heavy atom. The number of benzene rings is 2. The number of ketones is 1. The van der Waals surface area contributed by atoms with Crippen LogP contribution in [0.5, 0.6) is 0 Å². The molecule has 1 amide bonds. The van der Waals surface area contributed by atoms with Crippen LogP contribution in [-0.2, 0) is 35.3 Å². The van der Waals surface area contributed by atoms with Crippen LogP contribution in [0, 0.1) is 0 Å². The van der Waals surface area contributed by atoms with Crippen molar-refractivity contribution in [1.82, 2.24) is 5.32 Å². The van der Waals surface area contributed by atoms with Crippen molar-refractivity contribution >= 4 is 17.7 Å². The third-order valence-corrected chi connectivity index (χ3v) is 5.50. The summed E-state index contributed by atoms with van der Waals surface area (Å²) < 4.78 is 0. The van der Waals surface area contributed by atoms with Gasteiger partial charge in [0.15, 0.2) is 0 Å². The summed E-state index contributed by atoms with van der Waals surface area (Å²) in [6.45, 7) is 1.83. The number of carboxylic acid groups (broad SMARTS) is 1. The van der Waals surface area contributed by atoms with Crippen LogP contribution in [0.4, 0.5) is 0 Å². The van der Waals surface area contributed by atoms with Gasteiger partial charge in [-0.25, -0.2) is 4.79 Å². The standard InChI is InChI=1S/C24H27NO4/c1-2-19(26)14-16-10-12-17(13-11-16)15-22(24(28)29)25-23(27)21-9-5-7-18-6-3-4-8-20(18)21/h5,7,9-13,22H,2-4,6,8,14-15H2,1H3,(H,25,27)(H,28,29). The molecule has 2 N–H and O–H groups in total. The Labute approximate surface area is 171 Å². The predicted molar refractivity (Wildman–Crippen MR) is 111 cm³/mol. The molecule has 5 nitrogen and oxygen atoms in total. The Morgan fingerprint density at radius 1 is 1.00 bits per heavy atom. The lowest BCUT2D eigenvalue weighted by Gasteiger charge is -2.20. The van der Waals surface area contributed by atoms with E-state index in [9.17, 15) is 19.5 Å². The van der Waals surface area contributed by atoms with Crippen LogP contribution < -0.4 is 5.32 Å². The highest BCUT2D eigenvalue weighted by molar-refractivity contribution is 5.98. The monoisotopic (exact) mass is 393 g/mol. The molecule has 0 aliphatic heterocycles. The van der Waals surface area contributed by atoms with Crippen LogP contribution in [0.15, 0.2) is 42.5 Å². The summed E-state index contributed by atoms with van der Waals surface area (Å²) in [7, 11) is 0. The van der Waals surface area contributed by atoms with Gasteiger partial charge in [0, 0.05) is 24.8 Å². The number of carbonyl (C=O) groups is 3. The molecular weight excluding hydrogens is 366 g/mol. The fraction of sp³-hybridized carbons (Fsp3) is 0.375. The zero-order valence-corrected chi connectivity index (χ0v) is 16.7. The Balaban J connectivity index is 1.70.